The number of likely N-dealkylation sites (tertiary alicyclic amines) is 1. The van der Waals surface area contributed by atoms with E-state index in [-0.39, 0.29) is 17.7 Å². The minimum Gasteiger partial charge on any atom is -0.436 e. The van der Waals surface area contributed by atoms with Crippen molar-refractivity contribution in [2.24, 2.45) is 0 Å². The highest BCUT2D eigenvalue weighted by molar-refractivity contribution is 5.91. The van der Waals surface area contributed by atoms with Gasteiger partial charge in [-0.2, -0.15) is 0 Å². The first-order valence-electron chi connectivity index (χ1n) is 11.4. The molecule has 0 bridgehead atoms. The van der Waals surface area contributed by atoms with Crippen LogP contribution in [0.4, 0.5) is 15.9 Å². The molecule has 3 heterocycles. The molecule has 1 atom stereocenters. The van der Waals surface area contributed by atoms with E-state index in [1.165, 1.54) is 24.7 Å². The normalized spacial score (nSPS) is 15.6. The van der Waals surface area contributed by atoms with Crippen LogP contribution >= 0.6 is 0 Å². The van der Waals surface area contributed by atoms with Crippen LogP contribution in [0.5, 0.6) is 11.6 Å². The number of hydrogen-bond donors (Lipinski definition) is 1. The quantitative estimate of drug-likeness (QED) is 0.371. The molecule has 0 aliphatic carbocycles. The standard InChI is InChI=1S/C27H24FN5O2/c1-2-25(34)33-12-6-7-19(16-33)18-10-11-24-22(13-18)26(31-17-30-24)32-20-14-23(28)27(29-15-20)35-21-8-4-3-5-9-21/h2-5,8-11,13-15,17,19H,1,6-7,12,16H2,(H,30,31,32)/t19-/m0/s1. The van der Waals surface area contributed by atoms with Gasteiger partial charge >= 0.3 is 0 Å². The van der Waals surface area contributed by atoms with Crippen LogP contribution in [0.2, 0.25) is 0 Å². The van der Waals surface area contributed by atoms with Gasteiger partial charge < -0.3 is 15.0 Å². The number of pyridine rings is 1. The summed E-state index contributed by atoms with van der Waals surface area (Å²) in [6.07, 6.45) is 6.25. The molecule has 1 fully saturated rings. The highest BCUT2D eigenvalue weighted by atomic mass is 19.1. The summed E-state index contributed by atoms with van der Waals surface area (Å²) >= 11 is 0. The zero-order valence-electron chi connectivity index (χ0n) is 19.0. The number of amides is 1. The van der Waals surface area contributed by atoms with E-state index in [1.54, 1.807) is 24.3 Å². The lowest BCUT2D eigenvalue weighted by atomic mass is 9.90. The second-order valence-electron chi connectivity index (χ2n) is 8.38. The number of para-hydroxylation sites is 1. The maximum Gasteiger partial charge on any atom is 0.256 e. The molecule has 7 nitrogen and oxygen atoms in total. The fraction of sp³-hybridized carbons (Fsp3) is 0.185. The number of rotatable bonds is 6. The molecular formula is C27H24FN5O2. The molecule has 2 aromatic heterocycles. The Morgan fingerprint density at radius 3 is 2.80 bits per heavy atom. The minimum absolute atomic E-state index is 0.0459. The predicted molar refractivity (Wildman–Crippen MR) is 132 cm³/mol. The van der Waals surface area contributed by atoms with Gasteiger partial charge in [-0.25, -0.2) is 19.3 Å². The van der Waals surface area contributed by atoms with Crippen molar-refractivity contribution in [2.75, 3.05) is 18.4 Å². The van der Waals surface area contributed by atoms with Crippen molar-refractivity contribution >= 4 is 28.3 Å². The first kappa shape index (κ1) is 22.5. The number of halogens is 1. The number of anilines is 2. The first-order chi connectivity index (χ1) is 17.1. The molecule has 0 spiro atoms. The van der Waals surface area contributed by atoms with E-state index in [2.05, 4.69) is 26.8 Å². The number of carbonyl (C=O) groups excluding carboxylic acids is 1. The molecule has 1 N–H and O–H groups in total. The highest BCUT2D eigenvalue weighted by Gasteiger charge is 2.24. The van der Waals surface area contributed by atoms with E-state index in [9.17, 15) is 9.18 Å². The Kier molecular flexibility index (Phi) is 6.34. The predicted octanol–water partition coefficient (Wildman–Crippen LogP) is 5.59. The van der Waals surface area contributed by atoms with E-state index < -0.39 is 5.82 Å². The Morgan fingerprint density at radius 2 is 2.00 bits per heavy atom. The van der Waals surface area contributed by atoms with Gasteiger partial charge in [0.05, 0.1) is 17.4 Å². The second kappa shape index (κ2) is 9.89. The molecule has 1 saturated heterocycles. The van der Waals surface area contributed by atoms with Crippen LogP contribution in [0.25, 0.3) is 10.9 Å². The molecule has 35 heavy (non-hydrogen) atoms. The van der Waals surface area contributed by atoms with Crippen molar-refractivity contribution in [3.8, 4) is 11.6 Å². The van der Waals surface area contributed by atoms with Gasteiger partial charge in [0.2, 0.25) is 5.91 Å². The third-order valence-corrected chi connectivity index (χ3v) is 6.07. The number of nitrogens with one attached hydrogen (secondary N) is 1. The molecule has 1 aliphatic rings. The maximum atomic E-state index is 14.7. The number of carbonyl (C=O) groups is 1. The minimum atomic E-state index is -0.591. The molecule has 0 saturated carbocycles. The number of piperidine rings is 1. The molecule has 5 rings (SSSR count). The summed E-state index contributed by atoms with van der Waals surface area (Å²) in [4.78, 5) is 26.8. The van der Waals surface area contributed by atoms with Crippen molar-refractivity contribution in [3.05, 3.63) is 91.2 Å². The molecule has 2 aromatic carbocycles. The summed E-state index contributed by atoms with van der Waals surface area (Å²) in [5.41, 5.74) is 2.31. The van der Waals surface area contributed by atoms with E-state index in [1.807, 2.05) is 29.2 Å². The summed E-state index contributed by atoms with van der Waals surface area (Å²) in [6.45, 7) is 4.99. The number of nitrogens with zero attached hydrogens (tertiary/aromatic N) is 4. The highest BCUT2D eigenvalue weighted by Crippen LogP contribution is 2.32. The maximum absolute atomic E-state index is 14.7. The van der Waals surface area contributed by atoms with Crippen LogP contribution in [-0.2, 0) is 4.79 Å². The van der Waals surface area contributed by atoms with Gasteiger partial charge in [-0.1, -0.05) is 30.8 Å². The Bertz CT molecular complexity index is 1380. The summed E-state index contributed by atoms with van der Waals surface area (Å²) in [7, 11) is 0. The fourth-order valence-corrected chi connectivity index (χ4v) is 4.31. The van der Waals surface area contributed by atoms with Crippen LogP contribution in [0.15, 0.2) is 79.8 Å². The van der Waals surface area contributed by atoms with E-state index in [0.29, 0.717) is 23.8 Å². The second-order valence-corrected chi connectivity index (χ2v) is 8.38. The lowest BCUT2D eigenvalue weighted by Crippen LogP contribution is -2.38. The van der Waals surface area contributed by atoms with Crippen molar-refractivity contribution < 1.29 is 13.9 Å². The third kappa shape index (κ3) is 4.96. The summed E-state index contributed by atoms with van der Waals surface area (Å²) in [5.74, 6) is 0.517. The first-order valence-corrected chi connectivity index (χ1v) is 11.4. The number of fused-ring (bicyclic) bond motifs is 1. The molecule has 8 heteroatoms. The molecule has 176 valence electrons. The lowest BCUT2D eigenvalue weighted by molar-refractivity contribution is -0.127. The van der Waals surface area contributed by atoms with Crippen molar-refractivity contribution in [2.45, 2.75) is 18.8 Å². The van der Waals surface area contributed by atoms with Crippen molar-refractivity contribution in [3.63, 3.8) is 0 Å². The van der Waals surface area contributed by atoms with Gasteiger partial charge in [0.25, 0.3) is 5.88 Å². The zero-order valence-corrected chi connectivity index (χ0v) is 19.0. The van der Waals surface area contributed by atoms with Crippen LogP contribution in [0.3, 0.4) is 0 Å². The monoisotopic (exact) mass is 469 g/mol. The number of ether oxygens (including phenoxy) is 1. The van der Waals surface area contributed by atoms with Gasteiger partial charge in [0.15, 0.2) is 5.82 Å². The fourth-order valence-electron chi connectivity index (χ4n) is 4.31. The van der Waals surface area contributed by atoms with Crippen LogP contribution in [0, 0.1) is 5.82 Å². The Morgan fingerprint density at radius 1 is 1.14 bits per heavy atom. The van der Waals surface area contributed by atoms with E-state index in [4.69, 9.17) is 4.74 Å². The smallest absolute Gasteiger partial charge is 0.256 e. The summed E-state index contributed by atoms with van der Waals surface area (Å²) < 4.78 is 20.2. The molecule has 4 aromatic rings. The van der Waals surface area contributed by atoms with Gasteiger partial charge in [0, 0.05) is 30.5 Å². The van der Waals surface area contributed by atoms with Crippen LogP contribution in [-0.4, -0.2) is 38.8 Å². The van der Waals surface area contributed by atoms with Gasteiger partial charge in [-0.3, -0.25) is 4.79 Å². The molecular weight excluding hydrogens is 445 g/mol. The van der Waals surface area contributed by atoms with Gasteiger partial charge in [-0.15, -0.1) is 0 Å². The zero-order chi connectivity index (χ0) is 24.2. The van der Waals surface area contributed by atoms with E-state index in [0.717, 1.165) is 35.9 Å². The van der Waals surface area contributed by atoms with Crippen molar-refractivity contribution in [1.82, 2.24) is 19.9 Å². The number of aromatic nitrogens is 3. The molecule has 0 radical (unpaired) electrons. The van der Waals surface area contributed by atoms with Crippen LogP contribution in [0.1, 0.15) is 24.3 Å². The number of benzene rings is 2. The SMILES string of the molecule is C=CC(=O)N1CCC[C@H](c2ccc3ncnc(Nc4cnc(Oc5ccccc5)c(F)c4)c3c2)C1. The largest absolute Gasteiger partial charge is 0.436 e. The van der Waals surface area contributed by atoms with Crippen molar-refractivity contribution in [1.29, 1.82) is 0 Å². The third-order valence-electron chi connectivity index (χ3n) is 6.07. The average Bonchev–Trinajstić information content (AvgIpc) is 2.90. The van der Waals surface area contributed by atoms with Crippen LogP contribution < -0.4 is 10.1 Å². The van der Waals surface area contributed by atoms with Gasteiger partial charge in [-0.05, 0) is 48.7 Å². The molecule has 0 unspecified atom stereocenters. The topological polar surface area (TPSA) is 80.2 Å². The number of hydrogen-bond acceptors (Lipinski definition) is 6. The molecule has 1 aliphatic heterocycles. The van der Waals surface area contributed by atoms with Gasteiger partial charge in [0.1, 0.15) is 17.9 Å². The van der Waals surface area contributed by atoms with E-state index >= 15 is 0 Å². The summed E-state index contributed by atoms with van der Waals surface area (Å²) in [6, 6.07) is 16.3. The Balaban J connectivity index is 1.39. The Hall–Kier alpha value is -4.33. The summed E-state index contributed by atoms with van der Waals surface area (Å²) in [5, 5.41) is 3.97. The average molecular weight is 470 g/mol. The lowest BCUT2D eigenvalue weighted by Gasteiger charge is -2.32. The molecule has 1 amide bonds. The Labute approximate surface area is 202 Å².